The number of aliphatic hydroxyl groups is 1. The molecular weight excluding hydrogens is 363 g/mol. The van der Waals surface area contributed by atoms with Crippen LogP contribution in [0.5, 0.6) is 0 Å². The van der Waals surface area contributed by atoms with Gasteiger partial charge >= 0.3 is 0 Å². The van der Waals surface area contributed by atoms with Gasteiger partial charge in [-0.1, -0.05) is 54.6 Å². The van der Waals surface area contributed by atoms with Crippen molar-refractivity contribution in [2.45, 2.75) is 25.4 Å². The van der Waals surface area contributed by atoms with Gasteiger partial charge in [0.05, 0.1) is 6.61 Å². The molecule has 0 radical (unpaired) electrons. The minimum Gasteiger partial charge on any atom is -0.392 e. The highest BCUT2D eigenvalue weighted by molar-refractivity contribution is 5.56. The van der Waals surface area contributed by atoms with Gasteiger partial charge in [-0.15, -0.1) is 0 Å². The number of aromatic amines is 1. The number of aromatic nitrogens is 2. The van der Waals surface area contributed by atoms with E-state index in [-0.39, 0.29) is 18.3 Å². The number of rotatable bonds is 7. The average molecular weight is 386 g/mol. The highest BCUT2D eigenvalue weighted by atomic mass is 19.1. The van der Waals surface area contributed by atoms with Gasteiger partial charge in [-0.3, -0.25) is 0 Å². The minimum absolute atomic E-state index is 0.0280. The predicted octanol–water partition coefficient (Wildman–Crippen LogP) is 5.28. The van der Waals surface area contributed by atoms with Crippen molar-refractivity contribution in [3.63, 3.8) is 0 Å². The summed E-state index contributed by atoms with van der Waals surface area (Å²) < 4.78 is 13.5. The predicted molar refractivity (Wildman–Crippen MR) is 113 cm³/mol. The third-order valence-electron chi connectivity index (χ3n) is 5.18. The Kier molecular flexibility index (Phi) is 5.82. The van der Waals surface area contributed by atoms with Gasteiger partial charge in [0.25, 0.3) is 0 Å². The lowest BCUT2D eigenvalue weighted by atomic mass is 9.86. The van der Waals surface area contributed by atoms with E-state index >= 15 is 0 Å². The zero-order chi connectivity index (χ0) is 20.1. The third kappa shape index (κ3) is 4.79. The highest BCUT2D eigenvalue weighted by Gasteiger charge is 2.15. The number of H-pyrrole nitrogens is 1. The molecule has 0 fully saturated rings. The van der Waals surface area contributed by atoms with Crippen LogP contribution in [0.4, 0.5) is 4.39 Å². The first kappa shape index (κ1) is 19.1. The summed E-state index contributed by atoms with van der Waals surface area (Å²) in [6, 6.07) is 23.1. The molecule has 146 valence electrons. The molecule has 1 atom stereocenters. The fourth-order valence-electron chi connectivity index (χ4n) is 3.74. The SMILES string of the molecule is OCc1cccc(CC(Cc2cccc(-c3ncc[nH]3)c2)c2ccc(F)cc2)c1. The summed E-state index contributed by atoms with van der Waals surface area (Å²) in [6.07, 6.45) is 5.20. The van der Waals surface area contributed by atoms with Crippen molar-refractivity contribution in [2.75, 3.05) is 0 Å². The monoisotopic (exact) mass is 386 g/mol. The van der Waals surface area contributed by atoms with E-state index in [4.69, 9.17) is 0 Å². The number of aliphatic hydroxyl groups excluding tert-OH is 1. The molecule has 1 heterocycles. The second-order valence-corrected chi connectivity index (χ2v) is 7.27. The number of halogens is 1. The number of nitrogens with zero attached hydrogens (tertiary/aromatic N) is 1. The molecule has 4 rings (SSSR count). The zero-order valence-corrected chi connectivity index (χ0v) is 16.1. The van der Waals surface area contributed by atoms with Crippen LogP contribution in [0.1, 0.15) is 28.2 Å². The smallest absolute Gasteiger partial charge is 0.137 e. The van der Waals surface area contributed by atoms with Crippen molar-refractivity contribution >= 4 is 0 Å². The summed E-state index contributed by atoms with van der Waals surface area (Å²) >= 11 is 0. The van der Waals surface area contributed by atoms with Crippen LogP contribution in [0.15, 0.2) is 85.2 Å². The van der Waals surface area contributed by atoms with Crippen LogP contribution in [-0.4, -0.2) is 15.1 Å². The first-order chi connectivity index (χ1) is 14.2. The number of nitrogens with one attached hydrogen (secondary N) is 1. The van der Waals surface area contributed by atoms with Crippen molar-refractivity contribution in [3.8, 4) is 11.4 Å². The van der Waals surface area contributed by atoms with E-state index in [0.717, 1.165) is 40.9 Å². The Labute approximate surface area is 169 Å². The van der Waals surface area contributed by atoms with Gasteiger partial charge < -0.3 is 10.1 Å². The van der Waals surface area contributed by atoms with E-state index in [2.05, 4.69) is 28.2 Å². The largest absolute Gasteiger partial charge is 0.392 e. The van der Waals surface area contributed by atoms with Crippen molar-refractivity contribution in [1.29, 1.82) is 0 Å². The maximum Gasteiger partial charge on any atom is 0.137 e. The molecule has 0 amide bonds. The molecule has 3 aromatic carbocycles. The van der Waals surface area contributed by atoms with E-state index in [9.17, 15) is 9.50 Å². The highest BCUT2D eigenvalue weighted by Crippen LogP contribution is 2.27. The molecule has 0 spiro atoms. The summed E-state index contributed by atoms with van der Waals surface area (Å²) in [5, 5.41) is 9.45. The molecule has 0 saturated carbocycles. The standard InChI is InChI=1S/C25H23FN2O/c26-24-9-7-21(8-10-24)23(15-18-3-1-5-20(13-18)17-29)16-19-4-2-6-22(14-19)25-27-11-12-28-25/h1-14,23,29H,15-17H2,(H,27,28). The molecule has 0 aliphatic heterocycles. The van der Waals surface area contributed by atoms with Gasteiger partial charge in [-0.05, 0) is 59.2 Å². The second-order valence-electron chi connectivity index (χ2n) is 7.27. The Morgan fingerprint density at radius 3 is 2.24 bits per heavy atom. The van der Waals surface area contributed by atoms with Gasteiger partial charge in [0, 0.05) is 18.0 Å². The molecule has 0 bridgehead atoms. The van der Waals surface area contributed by atoms with Gasteiger partial charge in [0.1, 0.15) is 11.6 Å². The van der Waals surface area contributed by atoms with Crippen LogP contribution in [0.3, 0.4) is 0 Å². The second kappa shape index (κ2) is 8.84. The number of imidazole rings is 1. The molecule has 1 unspecified atom stereocenters. The zero-order valence-electron chi connectivity index (χ0n) is 16.1. The van der Waals surface area contributed by atoms with Crippen molar-refractivity contribution in [1.82, 2.24) is 9.97 Å². The van der Waals surface area contributed by atoms with Gasteiger partial charge in [0.2, 0.25) is 0 Å². The minimum atomic E-state index is -0.227. The van der Waals surface area contributed by atoms with E-state index in [1.54, 1.807) is 6.20 Å². The Morgan fingerprint density at radius 1 is 0.862 bits per heavy atom. The molecule has 0 aliphatic rings. The molecule has 4 heteroatoms. The van der Waals surface area contributed by atoms with Crippen molar-refractivity contribution in [2.24, 2.45) is 0 Å². The molecule has 0 aliphatic carbocycles. The van der Waals surface area contributed by atoms with Crippen LogP contribution in [0, 0.1) is 5.82 Å². The quantitative estimate of drug-likeness (QED) is 0.454. The van der Waals surface area contributed by atoms with Crippen LogP contribution < -0.4 is 0 Å². The fraction of sp³-hybridized carbons (Fsp3) is 0.160. The maximum absolute atomic E-state index is 13.5. The lowest BCUT2D eigenvalue weighted by molar-refractivity contribution is 0.281. The summed E-state index contributed by atoms with van der Waals surface area (Å²) in [4.78, 5) is 7.49. The Morgan fingerprint density at radius 2 is 1.55 bits per heavy atom. The number of benzene rings is 3. The number of hydrogen-bond acceptors (Lipinski definition) is 2. The maximum atomic E-state index is 13.5. The first-order valence-electron chi connectivity index (χ1n) is 9.74. The Balaban J connectivity index is 1.63. The lowest BCUT2D eigenvalue weighted by Crippen LogP contribution is -2.07. The summed E-state index contributed by atoms with van der Waals surface area (Å²) in [5.74, 6) is 0.812. The Bertz CT molecular complexity index is 1060. The average Bonchev–Trinajstić information content (AvgIpc) is 3.29. The summed E-state index contributed by atoms with van der Waals surface area (Å²) in [5.41, 5.74) is 5.41. The molecule has 29 heavy (non-hydrogen) atoms. The lowest BCUT2D eigenvalue weighted by Gasteiger charge is -2.19. The van der Waals surface area contributed by atoms with Gasteiger partial charge in [0.15, 0.2) is 0 Å². The third-order valence-corrected chi connectivity index (χ3v) is 5.18. The molecular formula is C25H23FN2O. The summed E-state index contributed by atoms with van der Waals surface area (Å²) in [7, 11) is 0. The van der Waals surface area contributed by atoms with Gasteiger partial charge in [-0.25, -0.2) is 9.37 Å². The molecule has 2 N–H and O–H groups in total. The first-order valence-corrected chi connectivity index (χ1v) is 9.74. The fourth-order valence-corrected chi connectivity index (χ4v) is 3.74. The van der Waals surface area contributed by atoms with Crippen molar-refractivity contribution < 1.29 is 9.50 Å². The molecule has 4 aromatic rings. The van der Waals surface area contributed by atoms with Crippen LogP contribution in [-0.2, 0) is 19.4 Å². The molecule has 3 nitrogen and oxygen atoms in total. The van der Waals surface area contributed by atoms with E-state index in [1.807, 2.05) is 48.7 Å². The normalized spacial score (nSPS) is 12.1. The van der Waals surface area contributed by atoms with E-state index in [0.29, 0.717) is 0 Å². The topological polar surface area (TPSA) is 48.9 Å². The van der Waals surface area contributed by atoms with Crippen LogP contribution >= 0.6 is 0 Å². The molecule has 0 saturated heterocycles. The van der Waals surface area contributed by atoms with E-state index < -0.39 is 0 Å². The van der Waals surface area contributed by atoms with Crippen molar-refractivity contribution in [3.05, 3.63) is 113 Å². The van der Waals surface area contributed by atoms with E-state index in [1.165, 1.54) is 17.7 Å². The summed E-state index contributed by atoms with van der Waals surface area (Å²) in [6.45, 7) is 0.0280. The van der Waals surface area contributed by atoms with Crippen LogP contribution in [0.2, 0.25) is 0 Å². The molecule has 1 aromatic heterocycles. The van der Waals surface area contributed by atoms with Crippen LogP contribution in [0.25, 0.3) is 11.4 Å². The Hall–Kier alpha value is -3.24. The van der Waals surface area contributed by atoms with Gasteiger partial charge in [-0.2, -0.15) is 0 Å². The number of hydrogen-bond donors (Lipinski definition) is 2.